The van der Waals surface area contributed by atoms with E-state index in [0.717, 1.165) is 24.1 Å². The van der Waals surface area contributed by atoms with Gasteiger partial charge in [-0.3, -0.25) is 4.79 Å². The van der Waals surface area contributed by atoms with E-state index in [1.165, 1.54) is 0 Å². The number of aliphatic hydroxyl groups is 1. The van der Waals surface area contributed by atoms with E-state index in [1.807, 2.05) is 24.3 Å². The molecule has 20 heavy (non-hydrogen) atoms. The van der Waals surface area contributed by atoms with Gasteiger partial charge in [-0.05, 0) is 31.9 Å². The van der Waals surface area contributed by atoms with Crippen LogP contribution < -0.4 is 5.32 Å². The van der Waals surface area contributed by atoms with Crippen LogP contribution in [0.5, 0.6) is 0 Å². The summed E-state index contributed by atoms with van der Waals surface area (Å²) < 4.78 is 5.10. The van der Waals surface area contributed by atoms with Crippen LogP contribution in [0.2, 0.25) is 0 Å². The number of benzene rings is 1. The minimum absolute atomic E-state index is 0.0890. The van der Waals surface area contributed by atoms with Gasteiger partial charge in [0, 0.05) is 22.7 Å². The molecule has 0 saturated heterocycles. The first-order valence-corrected chi connectivity index (χ1v) is 6.66. The Morgan fingerprint density at radius 1 is 1.40 bits per heavy atom. The van der Waals surface area contributed by atoms with E-state index < -0.39 is 0 Å². The molecule has 0 radical (unpaired) electrons. The number of aromatic nitrogens is 1. The van der Waals surface area contributed by atoms with E-state index in [0.29, 0.717) is 17.0 Å². The number of nitrogens with one attached hydrogen (secondary N) is 1. The molecule has 1 aliphatic rings. The molecule has 3 rings (SSSR count). The molecule has 1 aromatic carbocycles. The minimum Gasteiger partial charge on any atom is -0.391 e. The van der Waals surface area contributed by atoms with Crippen LogP contribution in [-0.4, -0.2) is 16.2 Å². The Balaban J connectivity index is 1.79. The highest BCUT2D eigenvalue weighted by molar-refractivity contribution is 5.94. The summed E-state index contributed by atoms with van der Waals surface area (Å²) in [6, 6.07) is 7.39. The van der Waals surface area contributed by atoms with Gasteiger partial charge in [0.25, 0.3) is 0 Å². The second-order valence-electron chi connectivity index (χ2n) is 5.06. The van der Waals surface area contributed by atoms with E-state index in [2.05, 4.69) is 10.5 Å². The molecule has 1 fully saturated rings. The molecule has 2 aromatic rings. The van der Waals surface area contributed by atoms with Gasteiger partial charge in [0.1, 0.15) is 11.5 Å². The zero-order chi connectivity index (χ0) is 14.1. The molecule has 1 aromatic heterocycles. The molecule has 0 spiro atoms. The quantitative estimate of drug-likeness (QED) is 0.896. The van der Waals surface area contributed by atoms with Gasteiger partial charge < -0.3 is 14.9 Å². The minimum atomic E-state index is -0.106. The summed E-state index contributed by atoms with van der Waals surface area (Å²) in [5.74, 6) is 0.897. The van der Waals surface area contributed by atoms with Crippen LogP contribution in [0.3, 0.4) is 0 Å². The van der Waals surface area contributed by atoms with E-state index in [9.17, 15) is 9.90 Å². The lowest BCUT2D eigenvalue weighted by Crippen LogP contribution is -2.12. The van der Waals surface area contributed by atoms with Crippen molar-refractivity contribution in [1.29, 1.82) is 0 Å². The lowest BCUT2D eigenvalue weighted by atomic mass is 10.1. The summed E-state index contributed by atoms with van der Waals surface area (Å²) in [5.41, 5.74) is 2.97. The summed E-state index contributed by atoms with van der Waals surface area (Å²) in [5, 5.41) is 16.2. The van der Waals surface area contributed by atoms with Crippen LogP contribution in [0.1, 0.15) is 24.2 Å². The summed E-state index contributed by atoms with van der Waals surface area (Å²) in [6.07, 6.45) is 1.98. The van der Waals surface area contributed by atoms with Crippen molar-refractivity contribution >= 4 is 11.6 Å². The van der Waals surface area contributed by atoms with Crippen LogP contribution in [0.15, 0.2) is 28.8 Å². The number of aliphatic hydroxyl groups excluding tert-OH is 1. The monoisotopic (exact) mass is 272 g/mol. The largest absolute Gasteiger partial charge is 0.391 e. The number of hydrogen-bond donors (Lipinski definition) is 2. The Bertz CT molecular complexity index is 627. The summed E-state index contributed by atoms with van der Waals surface area (Å²) in [4.78, 5) is 11.7. The van der Waals surface area contributed by atoms with E-state index in [-0.39, 0.29) is 18.4 Å². The van der Waals surface area contributed by atoms with Crippen LogP contribution in [0, 0.1) is 12.8 Å². The molecular formula is C15H16N2O3. The Kier molecular flexibility index (Phi) is 3.28. The Labute approximate surface area is 116 Å². The van der Waals surface area contributed by atoms with Crippen molar-refractivity contribution < 1.29 is 14.4 Å². The molecule has 0 aliphatic heterocycles. The fourth-order valence-electron chi connectivity index (χ4n) is 2.11. The number of amides is 1. The predicted molar refractivity (Wildman–Crippen MR) is 74.0 cm³/mol. The fourth-order valence-corrected chi connectivity index (χ4v) is 2.11. The van der Waals surface area contributed by atoms with Crippen molar-refractivity contribution in [2.75, 3.05) is 5.32 Å². The summed E-state index contributed by atoms with van der Waals surface area (Å²) >= 11 is 0. The summed E-state index contributed by atoms with van der Waals surface area (Å²) in [6.45, 7) is 1.66. The van der Waals surface area contributed by atoms with E-state index in [1.54, 1.807) is 6.92 Å². The third kappa shape index (κ3) is 2.44. The first-order valence-electron chi connectivity index (χ1n) is 6.66. The Morgan fingerprint density at radius 3 is 2.70 bits per heavy atom. The molecule has 0 unspecified atom stereocenters. The molecule has 1 amide bonds. The van der Waals surface area contributed by atoms with Crippen molar-refractivity contribution in [3.8, 4) is 11.3 Å². The Morgan fingerprint density at radius 2 is 2.10 bits per heavy atom. The maximum atomic E-state index is 11.7. The van der Waals surface area contributed by atoms with Gasteiger partial charge in [0.15, 0.2) is 0 Å². The number of hydrogen-bond acceptors (Lipinski definition) is 4. The average Bonchev–Trinajstić information content (AvgIpc) is 3.23. The van der Waals surface area contributed by atoms with Crippen molar-refractivity contribution in [2.45, 2.75) is 26.4 Å². The third-order valence-electron chi connectivity index (χ3n) is 3.52. The average molecular weight is 272 g/mol. The zero-order valence-electron chi connectivity index (χ0n) is 11.2. The van der Waals surface area contributed by atoms with Gasteiger partial charge in [-0.25, -0.2) is 0 Å². The van der Waals surface area contributed by atoms with Crippen LogP contribution in [-0.2, 0) is 11.4 Å². The molecule has 0 atom stereocenters. The third-order valence-corrected chi connectivity index (χ3v) is 3.52. The number of carbonyl (C=O) groups excluding carboxylic acids is 1. The highest BCUT2D eigenvalue weighted by Gasteiger charge is 2.29. The number of carbonyl (C=O) groups is 1. The second-order valence-corrected chi connectivity index (χ2v) is 5.06. The number of nitrogens with zero attached hydrogens (tertiary/aromatic N) is 1. The second kappa shape index (κ2) is 5.09. The van der Waals surface area contributed by atoms with Gasteiger partial charge in [-0.15, -0.1) is 0 Å². The van der Waals surface area contributed by atoms with Gasteiger partial charge in [0.2, 0.25) is 5.91 Å². The van der Waals surface area contributed by atoms with E-state index in [4.69, 9.17) is 4.52 Å². The SMILES string of the molecule is Cc1onc(-c2ccc(NC(=O)C3CC3)cc2)c1CO. The van der Waals surface area contributed by atoms with Crippen LogP contribution in [0.25, 0.3) is 11.3 Å². The molecule has 5 nitrogen and oxygen atoms in total. The fraction of sp³-hybridized carbons (Fsp3) is 0.333. The first kappa shape index (κ1) is 12.9. The van der Waals surface area contributed by atoms with Crippen LogP contribution >= 0.6 is 0 Å². The van der Waals surface area contributed by atoms with Gasteiger partial charge >= 0.3 is 0 Å². The molecule has 0 bridgehead atoms. The lowest BCUT2D eigenvalue weighted by Gasteiger charge is -2.05. The normalized spacial score (nSPS) is 14.3. The van der Waals surface area contributed by atoms with Gasteiger partial charge in [0.05, 0.1) is 6.61 Å². The number of rotatable bonds is 4. The molecule has 1 saturated carbocycles. The molecule has 2 N–H and O–H groups in total. The zero-order valence-corrected chi connectivity index (χ0v) is 11.2. The van der Waals surface area contributed by atoms with Gasteiger partial charge in [-0.2, -0.15) is 0 Å². The van der Waals surface area contributed by atoms with E-state index >= 15 is 0 Å². The summed E-state index contributed by atoms with van der Waals surface area (Å²) in [7, 11) is 0. The van der Waals surface area contributed by atoms with Crippen molar-refractivity contribution in [1.82, 2.24) is 5.16 Å². The molecular weight excluding hydrogens is 256 g/mol. The predicted octanol–water partition coefficient (Wildman–Crippen LogP) is 2.49. The smallest absolute Gasteiger partial charge is 0.227 e. The molecule has 104 valence electrons. The Hall–Kier alpha value is -2.14. The topological polar surface area (TPSA) is 75.4 Å². The number of aryl methyl sites for hydroxylation is 1. The van der Waals surface area contributed by atoms with Crippen molar-refractivity contribution in [3.05, 3.63) is 35.6 Å². The molecule has 1 heterocycles. The van der Waals surface area contributed by atoms with Crippen LogP contribution in [0.4, 0.5) is 5.69 Å². The standard InChI is InChI=1S/C15H16N2O3/c1-9-13(8-18)14(17-20-9)10-4-6-12(7-5-10)16-15(19)11-2-3-11/h4-7,11,18H,2-3,8H2,1H3,(H,16,19). The number of anilines is 1. The van der Waals surface area contributed by atoms with Gasteiger partial charge in [-0.1, -0.05) is 17.3 Å². The highest BCUT2D eigenvalue weighted by atomic mass is 16.5. The molecule has 5 heteroatoms. The van der Waals surface area contributed by atoms with Crippen molar-refractivity contribution in [3.63, 3.8) is 0 Å². The maximum absolute atomic E-state index is 11.7. The lowest BCUT2D eigenvalue weighted by molar-refractivity contribution is -0.117. The van der Waals surface area contributed by atoms with Crippen molar-refractivity contribution in [2.24, 2.45) is 5.92 Å². The highest BCUT2D eigenvalue weighted by Crippen LogP contribution is 2.31. The first-order chi connectivity index (χ1) is 9.69. The maximum Gasteiger partial charge on any atom is 0.227 e. The molecule has 1 aliphatic carbocycles.